The lowest BCUT2D eigenvalue weighted by Crippen LogP contribution is -2.23. The predicted molar refractivity (Wildman–Crippen MR) is 117 cm³/mol. The largest absolute Gasteiger partial charge is 0.454 e. The lowest BCUT2D eigenvalue weighted by molar-refractivity contribution is 0.0950. The lowest BCUT2D eigenvalue weighted by atomic mass is 10.1. The average Bonchev–Trinajstić information content (AvgIpc) is 3.20. The highest BCUT2D eigenvalue weighted by molar-refractivity contribution is 7.92. The average molecular weight is 459 g/mol. The lowest BCUT2D eigenvalue weighted by Gasteiger charge is -2.12. The van der Waals surface area contributed by atoms with Gasteiger partial charge in [-0.1, -0.05) is 29.8 Å². The van der Waals surface area contributed by atoms with E-state index in [-0.39, 0.29) is 28.8 Å². The second-order valence-corrected chi connectivity index (χ2v) is 9.08. The Morgan fingerprint density at radius 3 is 2.65 bits per heavy atom. The number of halogens is 1. The minimum absolute atomic E-state index is 0.0633. The van der Waals surface area contributed by atoms with Crippen molar-refractivity contribution in [3.8, 4) is 11.5 Å². The van der Waals surface area contributed by atoms with Crippen molar-refractivity contribution in [1.29, 1.82) is 0 Å². The molecule has 1 heterocycles. The van der Waals surface area contributed by atoms with Crippen LogP contribution < -0.4 is 19.5 Å². The molecule has 7 nitrogen and oxygen atoms in total. The second kappa shape index (κ2) is 8.49. The Labute approximate surface area is 185 Å². The maximum Gasteiger partial charge on any atom is 0.261 e. The Morgan fingerprint density at radius 2 is 1.84 bits per heavy atom. The first-order chi connectivity index (χ1) is 14.8. The van der Waals surface area contributed by atoms with Crippen LogP contribution in [0.25, 0.3) is 0 Å². The summed E-state index contributed by atoms with van der Waals surface area (Å²) in [5, 5.41) is 2.90. The third-order valence-corrected chi connectivity index (χ3v) is 6.36. The molecule has 3 aromatic rings. The van der Waals surface area contributed by atoms with Crippen molar-refractivity contribution in [3.63, 3.8) is 0 Å². The molecule has 3 aromatic carbocycles. The van der Waals surface area contributed by atoms with Gasteiger partial charge in [-0.25, -0.2) is 8.42 Å². The van der Waals surface area contributed by atoms with Gasteiger partial charge in [0.15, 0.2) is 11.5 Å². The first-order valence-electron chi connectivity index (χ1n) is 9.37. The minimum Gasteiger partial charge on any atom is -0.454 e. The van der Waals surface area contributed by atoms with Gasteiger partial charge in [0.2, 0.25) is 6.79 Å². The van der Waals surface area contributed by atoms with Crippen molar-refractivity contribution in [1.82, 2.24) is 5.32 Å². The molecule has 0 bridgehead atoms. The van der Waals surface area contributed by atoms with Crippen LogP contribution in [0.2, 0.25) is 5.02 Å². The normalized spacial score (nSPS) is 12.5. The Balaban J connectivity index is 1.51. The Bertz CT molecular complexity index is 1260. The highest BCUT2D eigenvalue weighted by Gasteiger charge is 2.19. The quantitative estimate of drug-likeness (QED) is 0.579. The van der Waals surface area contributed by atoms with Crippen LogP contribution in [0.1, 0.15) is 21.5 Å². The van der Waals surface area contributed by atoms with Crippen LogP contribution in [-0.4, -0.2) is 21.1 Å². The van der Waals surface area contributed by atoms with E-state index < -0.39 is 15.9 Å². The number of hydrogen-bond donors (Lipinski definition) is 2. The molecule has 0 atom stereocenters. The molecule has 0 radical (unpaired) electrons. The van der Waals surface area contributed by atoms with Gasteiger partial charge in [0.05, 0.1) is 15.5 Å². The van der Waals surface area contributed by atoms with E-state index in [0.29, 0.717) is 17.2 Å². The van der Waals surface area contributed by atoms with E-state index >= 15 is 0 Å². The molecule has 160 valence electrons. The zero-order valence-corrected chi connectivity index (χ0v) is 18.1. The van der Waals surface area contributed by atoms with Crippen LogP contribution in [0.15, 0.2) is 65.6 Å². The van der Waals surface area contributed by atoms with E-state index in [4.69, 9.17) is 21.1 Å². The molecule has 0 aliphatic carbocycles. The van der Waals surface area contributed by atoms with E-state index in [2.05, 4.69) is 10.0 Å². The molecule has 0 fully saturated rings. The van der Waals surface area contributed by atoms with Gasteiger partial charge in [-0.2, -0.15) is 0 Å². The van der Waals surface area contributed by atoms with Crippen molar-refractivity contribution in [2.45, 2.75) is 18.4 Å². The summed E-state index contributed by atoms with van der Waals surface area (Å²) in [6, 6.07) is 16.3. The molecule has 1 amide bonds. The fraction of sp³-hybridized carbons (Fsp3) is 0.136. The minimum atomic E-state index is -3.90. The molecule has 4 rings (SSSR count). The molecule has 0 aromatic heterocycles. The Morgan fingerprint density at radius 1 is 1.03 bits per heavy atom. The first-order valence-corrected chi connectivity index (χ1v) is 11.2. The van der Waals surface area contributed by atoms with Crippen LogP contribution in [0.3, 0.4) is 0 Å². The summed E-state index contributed by atoms with van der Waals surface area (Å²) in [7, 11) is -3.90. The monoisotopic (exact) mass is 458 g/mol. The Kier molecular flexibility index (Phi) is 5.75. The molecule has 1 aliphatic heterocycles. The van der Waals surface area contributed by atoms with E-state index in [0.717, 1.165) is 11.1 Å². The summed E-state index contributed by atoms with van der Waals surface area (Å²) in [5.74, 6) is 0.771. The number of ether oxygens (including phenoxy) is 2. The van der Waals surface area contributed by atoms with E-state index in [1.54, 1.807) is 30.3 Å². The number of amides is 1. The molecule has 2 N–H and O–H groups in total. The number of rotatable bonds is 6. The zero-order valence-electron chi connectivity index (χ0n) is 16.5. The van der Waals surface area contributed by atoms with Gasteiger partial charge >= 0.3 is 0 Å². The van der Waals surface area contributed by atoms with Crippen molar-refractivity contribution >= 4 is 33.2 Å². The van der Waals surface area contributed by atoms with Crippen LogP contribution in [0.4, 0.5) is 5.69 Å². The van der Waals surface area contributed by atoms with E-state index in [1.165, 1.54) is 18.2 Å². The molecule has 1 aliphatic rings. The first kappa shape index (κ1) is 21.0. The molecule has 0 spiro atoms. The number of fused-ring (bicyclic) bond motifs is 1. The number of carbonyl (C=O) groups is 1. The Hall–Kier alpha value is -3.23. The number of carbonyl (C=O) groups excluding carboxylic acids is 1. The standard InChI is InChI=1S/C22H19ClN2O5S/c1-14-3-2-4-16(9-14)25-31(27,28)17-6-7-19(23)18(11-17)22(26)24-12-15-5-8-20-21(10-15)30-13-29-20/h2-11,25H,12-13H2,1H3,(H,24,26). The molecule has 0 unspecified atom stereocenters. The summed E-state index contributed by atoms with van der Waals surface area (Å²) < 4.78 is 38.7. The smallest absolute Gasteiger partial charge is 0.261 e. The van der Waals surface area contributed by atoms with Gasteiger partial charge in [-0.3, -0.25) is 9.52 Å². The third-order valence-electron chi connectivity index (χ3n) is 4.65. The number of sulfonamides is 1. The van der Waals surface area contributed by atoms with E-state index in [1.807, 2.05) is 19.1 Å². The van der Waals surface area contributed by atoms with Crippen molar-refractivity contribution in [2.24, 2.45) is 0 Å². The maximum atomic E-state index is 12.8. The van der Waals surface area contributed by atoms with Crippen molar-refractivity contribution in [2.75, 3.05) is 11.5 Å². The van der Waals surface area contributed by atoms with Gasteiger partial charge in [0, 0.05) is 12.2 Å². The van der Waals surface area contributed by atoms with Gasteiger partial charge in [0.25, 0.3) is 15.9 Å². The number of nitrogens with one attached hydrogen (secondary N) is 2. The van der Waals surface area contributed by atoms with Gasteiger partial charge < -0.3 is 14.8 Å². The van der Waals surface area contributed by atoms with Crippen molar-refractivity contribution in [3.05, 3.63) is 82.4 Å². The molecule has 31 heavy (non-hydrogen) atoms. The number of hydrogen-bond acceptors (Lipinski definition) is 5. The number of anilines is 1. The summed E-state index contributed by atoms with van der Waals surface area (Å²) in [6.07, 6.45) is 0. The van der Waals surface area contributed by atoms with E-state index in [9.17, 15) is 13.2 Å². The van der Waals surface area contributed by atoms with Crippen LogP contribution in [0, 0.1) is 6.92 Å². The fourth-order valence-electron chi connectivity index (χ4n) is 3.10. The van der Waals surface area contributed by atoms with Crippen LogP contribution in [-0.2, 0) is 16.6 Å². The zero-order chi connectivity index (χ0) is 22.0. The third kappa shape index (κ3) is 4.76. The molecule has 0 saturated carbocycles. The summed E-state index contributed by atoms with van der Waals surface area (Å²) >= 11 is 6.17. The molecular weight excluding hydrogens is 440 g/mol. The van der Waals surface area contributed by atoms with Gasteiger partial charge in [-0.15, -0.1) is 0 Å². The molecule has 0 saturated heterocycles. The van der Waals surface area contributed by atoms with Gasteiger partial charge in [-0.05, 0) is 60.5 Å². The second-order valence-electron chi connectivity index (χ2n) is 6.99. The molecule has 9 heteroatoms. The summed E-state index contributed by atoms with van der Waals surface area (Å²) in [4.78, 5) is 12.6. The fourth-order valence-corrected chi connectivity index (χ4v) is 4.38. The van der Waals surface area contributed by atoms with Gasteiger partial charge in [0.1, 0.15) is 0 Å². The van der Waals surface area contributed by atoms with Crippen LogP contribution in [0.5, 0.6) is 11.5 Å². The summed E-state index contributed by atoms with van der Waals surface area (Å²) in [6.45, 7) is 2.24. The predicted octanol–water partition coefficient (Wildman–Crippen LogP) is 4.11. The number of benzene rings is 3. The topological polar surface area (TPSA) is 93.7 Å². The molecular formula is C22H19ClN2O5S. The SMILES string of the molecule is Cc1cccc(NS(=O)(=O)c2ccc(Cl)c(C(=O)NCc3ccc4c(c3)OCO4)c2)c1. The summed E-state index contributed by atoms with van der Waals surface area (Å²) in [5.41, 5.74) is 2.22. The van der Waals surface area contributed by atoms with Crippen LogP contribution >= 0.6 is 11.6 Å². The maximum absolute atomic E-state index is 12.8. The van der Waals surface area contributed by atoms with Crippen molar-refractivity contribution < 1.29 is 22.7 Å². The highest BCUT2D eigenvalue weighted by atomic mass is 35.5. The number of aryl methyl sites for hydroxylation is 1. The highest BCUT2D eigenvalue weighted by Crippen LogP contribution is 2.32.